The maximum atomic E-state index is 6.75. The standard InChI is InChI=1S/C17H30O4Si/c1-4-22(3,18-2)21-17(11-5-7-13-15(9-11)19-13)12-6-8-14-16(10-12)20-14/h11-17H,4-10H2,1-3H3. The van der Waals surface area contributed by atoms with Crippen molar-refractivity contribution in [1.82, 2.24) is 0 Å². The molecular weight excluding hydrogens is 296 g/mol. The molecule has 0 spiro atoms. The molecule has 0 aromatic rings. The number of epoxide rings is 2. The highest BCUT2D eigenvalue weighted by molar-refractivity contribution is 6.65. The van der Waals surface area contributed by atoms with Gasteiger partial charge in [0.15, 0.2) is 0 Å². The zero-order chi connectivity index (χ0) is 15.3. The van der Waals surface area contributed by atoms with E-state index in [9.17, 15) is 0 Å². The van der Waals surface area contributed by atoms with Crippen molar-refractivity contribution in [3.63, 3.8) is 0 Å². The molecule has 7 atom stereocenters. The highest BCUT2D eigenvalue weighted by atomic mass is 28.4. The Kier molecular flexibility index (Phi) is 4.14. The van der Waals surface area contributed by atoms with E-state index in [1.165, 1.54) is 38.5 Å². The molecule has 4 nitrogen and oxygen atoms in total. The van der Waals surface area contributed by atoms with Crippen LogP contribution in [0.5, 0.6) is 0 Å². The summed E-state index contributed by atoms with van der Waals surface area (Å²) in [5.74, 6) is 1.30. The van der Waals surface area contributed by atoms with E-state index in [-0.39, 0.29) is 0 Å². The normalized spacial score (nSPS) is 47.0. The second-order valence-electron chi connectivity index (χ2n) is 7.85. The van der Waals surface area contributed by atoms with Gasteiger partial charge in [0.05, 0.1) is 30.5 Å². The first-order valence-electron chi connectivity index (χ1n) is 9.15. The summed E-state index contributed by atoms with van der Waals surface area (Å²) < 4.78 is 24.1. The van der Waals surface area contributed by atoms with Crippen LogP contribution in [0.4, 0.5) is 0 Å². The van der Waals surface area contributed by atoms with Gasteiger partial charge >= 0.3 is 8.56 Å². The van der Waals surface area contributed by atoms with Crippen LogP contribution in [0.25, 0.3) is 0 Å². The molecule has 0 bridgehead atoms. The third-order valence-electron chi connectivity index (χ3n) is 6.48. The average molecular weight is 327 g/mol. The van der Waals surface area contributed by atoms with E-state index in [0.29, 0.717) is 42.4 Å². The molecule has 0 amide bonds. The van der Waals surface area contributed by atoms with Crippen molar-refractivity contribution in [2.45, 2.75) is 88.6 Å². The first-order chi connectivity index (χ1) is 10.6. The molecule has 2 saturated carbocycles. The fourth-order valence-corrected chi connectivity index (χ4v) is 6.12. The summed E-state index contributed by atoms with van der Waals surface area (Å²) in [4.78, 5) is 0. The highest BCUT2D eigenvalue weighted by Gasteiger charge is 2.52. The minimum atomic E-state index is -2.03. The quantitative estimate of drug-likeness (QED) is 0.555. The zero-order valence-corrected chi connectivity index (χ0v) is 15.1. The second-order valence-corrected chi connectivity index (χ2v) is 11.5. The molecule has 2 aliphatic heterocycles. The maximum Gasteiger partial charge on any atom is 0.334 e. The lowest BCUT2D eigenvalue weighted by molar-refractivity contribution is 0.0158. The lowest BCUT2D eigenvalue weighted by Crippen LogP contribution is -2.47. The molecule has 22 heavy (non-hydrogen) atoms. The summed E-state index contributed by atoms with van der Waals surface area (Å²) in [7, 11) is -0.199. The average Bonchev–Trinajstić information content (AvgIpc) is 3.44. The minimum absolute atomic E-state index is 0.354. The van der Waals surface area contributed by atoms with Gasteiger partial charge in [0.2, 0.25) is 0 Å². The van der Waals surface area contributed by atoms with Crippen molar-refractivity contribution < 1.29 is 18.3 Å². The Bertz CT molecular complexity index is 385. The van der Waals surface area contributed by atoms with Crippen molar-refractivity contribution in [2.75, 3.05) is 7.11 Å². The molecule has 0 aromatic carbocycles. The first-order valence-corrected chi connectivity index (χ1v) is 11.7. The van der Waals surface area contributed by atoms with Crippen LogP contribution in [0.2, 0.25) is 12.6 Å². The third kappa shape index (κ3) is 3.03. The third-order valence-corrected chi connectivity index (χ3v) is 9.40. The van der Waals surface area contributed by atoms with Gasteiger partial charge in [-0.25, -0.2) is 0 Å². The van der Waals surface area contributed by atoms with Gasteiger partial charge in [0, 0.05) is 7.11 Å². The van der Waals surface area contributed by atoms with Crippen LogP contribution in [0, 0.1) is 11.8 Å². The number of hydrogen-bond acceptors (Lipinski definition) is 4. The van der Waals surface area contributed by atoms with Gasteiger partial charge in [0.25, 0.3) is 0 Å². The van der Waals surface area contributed by atoms with E-state index in [2.05, 4.69) is 13.5 Å². The van der Waals surface area contributed by atoms with Crippen molar-refractivity contribution in [3.8, 4) is 0 Å². The van der Waals surface area contributed by atoms with Crippen LogP contribution in [0.1, 0.15) is 45.4 Å². The van der Waals surface area contributed by atoms with E-state index >= 15 is 0 Å². The number of ether oxygens (including phenoxy) is 2. The summed E-state index contributed by atoms with van der Waals surface area (Å²) in [6.07, 6.45) is 9.89. The Morgan fingerprint density at radius 3 is 1.91 bits per heavy atom. The van der Waals surface area contributed by atoms with Crippen LogP contribution in [0.3, 0.4) is 0 Å². The predicted molar refractivity (Wildman–Crippen MR) is 86.0 cm³/mol. The van der Waals surface area contributed by atoms with Gasteiger partial charge in [0.1, 0.15) is 0 Å². The van der Waals surface area contributed by atoms with E-state index in [1.54, 1.807) is 0 Å². The minimum Gasteiger partial charge on any atom is -0.398 e. The smallest absolute Gasteiger partial charge is 0.334 e. The molecule has 5 heteroatoms. The van der Waals surface area contributed by atoms with Crippen molar-refractivity contribution >= 4 is 8.56 Å². The summed E-state index contributed by atoms with van der Waals surface area (Å²) >= 11 is 0. The van der Waals surface area contributed by atoms with Gasteiger partial charge in [-0.2, -0.15) is 0 Å². The number of hydrogen-bond donors (Lipinski definition) is 0. The zero-order valence-electron chi connectivity index (χ0n) is 14.1. The van der Waals surface area contributed by atoms with E-state index in [1.807, 2.05) is 7.11 Å². The first kappa shape index (κ1) is 15.6. The van der Waals surface area contributed by atoms with Crippen molar-refractivity contribution in [1.29, 1.82) is 0 Å². The van der Waals surface area contributed by atoms with Gasteiger partial charge in [-0.15, -0.1) is 0 Å². The fraction of sp³-hybridized carbons (Fsp3) is 1.00. The van der Waals surface area contributed by atoms with E-state index in [0.717, 1.165) is 6.04 Å². The molecule has 0 aromatic heterocycles. The largest absolute Gasteiger partial charge is 0.398 e. The number of rotatable bonds is 6. The van der Waals surface area contributed by atoms with Crippen LogP contribution in [0.15, 0.2) is 0 Å². The molecule has 4 fully saturated rings. The molecule has 0 radical (unpaired) electrons. The molecule has 2 aliphatic carbocycles. The van der Waals surface area contributed by atoms with Gasteiger partial charge in [-0.1, -0.05) is 6.92 Å². The van der Waals surface area contributed by atoms with Crippen LogP contribution in [-0.2, 0) is 18.3 Å². The van der Waals surface area contributed by atoms with Crippen LogP contribution < -0.4 is 0 Å². The Labute approximate surface area is 135 Å². The summed E-state index contributed by atoms with van der Waals surface area (Å²) in [6.45, 7) is 4.42. The topological polar surface area (TPSA) is 43.5 Å². The van der Waals surface area contributed by atoms with E-state index < -0.39 is 8.56 Å². The van der Waals surface area contributed by atoms with Crippen molar-refractivity contribution in [3.05, 3.63) is 0 Å². The van der Waals surface area contributed by atoms with Gasteiger partial charge in [-0.05, 0) is 63.0 Å². The van der Waals surface area contributed by atoms with E-state index in [4.69, 9.17) is 18.3 Å². The highest BCUT2D eigenvalue weighted by Crippen LogP contribution is 2.48. The molecule has 0 N–H and O–H groups in total. The summed E-state index contributed by atoms with van der Waals surface area (Å²) in [5.41, 5.74) is 0. The summed E-state index contributed by atoms with van der Waals surface area (Å²) in [5, 5.41) is 0. The van der Waals surface area contributed by atoms with Gasteiger partial charge in [-0.3, -0.25) is 0 Å². The molecule has 7 unspecified atom stereocenters. The lowest BCUT2D eigenvalue weighted by Gasteiger charge is -2.40. The molecule has 4 rings (SSSR count). The van der Waals surface area contributed by atoms with Crippen LogP contribution >= 0.6 is 0 Å². The van der Waals surface area contributed by atoms with Crippen molar-refractivity contribution in [2.24, 2.45) is 11.8 Å². The Balaban J connectivity index is 1.48. The lowest BCUT2D eigenvalue weighted by atomic mass is 9.75. The molecular formula is C17H30O4Si. The van der Waals surface area contributed by atoms with Gasteiger partial charge < -0.3 is 18.3 Å². The monoisotopic (exact) mass is 326 g/mol. The molecule has 126 valence electrons. The number of fused-ring (bicyclic) bond motifs is 2. The SMILES string of the molecule is CC[Si](C)(OC)OC(C1CCC2OC2C1)C1CCC2OC2C1. The summed E-state index contributed by atoms with van der Waals surface area (Å²) in [6, 6.07) is 1.02. The predicted octanol–water partition coefficient (Wildman–Crippen LogP) is 3.24. The molecule has 4 aliphatic rings. The molecule has 2 saturated heterocycles. The van der Waals surface area contributed by atoms with Crippen LogP contribution in [-0.4, -0.2) is 46.2 Å². The second kappa shape index (κ2) is 5.85. The Hall–Kier alpha value is 0.0569. The fourth-order valence-electron chi connectivity index (χ4n) is 4.61. The Morgan fingerprint density at radius 1 is 0.955 bits per heavy atom. The Morgan fingerprint density at radius 2 is 1.50 bits per heavy atom. The molecule has 2 heterocycles. The maximum absolute atomic E-state index is 6.75.